The van der Waals surface area contributed by atoms with E-state index in [0.29, 0.717) is 5.57 Å². The molecule has 0 aromatic carbocycles. The molecule has 0 heterocycles. The lowest BCUT2D eigenvalue weighted by Gasteiger charge is -2.05. The Hall–Kier alpha value is -0.540. The zero-order valence-corrected chi connectivity index (χ0v) is 8.52. The zero-order valence-electron chi connectivity index (χ0n) is 7.70. The molecular weight excluding hydrogens is 178 g/mol. The third-order valence-electron chi connectivity index (χ3n) is 1.36. The first-order valence-electron chi connectivity index (χ1n) is 3.59. The number of rotatable bonds is 4. The second-order valence-electron chi connectivity index (χ2n) is 2.78. The van der Waals surface area contributed by atoms with E-state index in [1.807, 2.05) is 19.0 Å². The molecule has 0 aliphatic rings. The topological polar surface area (TPSA) is 40.5 Å². The Morgan fingerprint density at radius 1 is 1.50 bits per heavy atom. The molecule has 72 valence electrons. The summed E-state index contributed by atoms with van der Waals surface area (Å²) in [5, 5.41) is 8.47. The molecule has 0 rings (SSSR count). The van der Waals surface area contributed by atoms with Crippen LogP contribution >= 0.6 is 12.4 Å². The van der Waals surface area contributed by atoms with E-state index in [1.54, 1.807) is 13.0 Å². The van der Waals surface area contributed by atoms with E-state index >= 15 is 0 Å². The Bertz CT molecular complexity index is 166. The molecule has 0 aliphatic carbocycles. The molecule has 0 spiro atoms. The van der Waals surface area contributed by atoms with Gasteiger partial charge in [0.05, 0.1) is 0 Å². The monoisotopic (exact) mass is 193 g/mol. The first-order valence-corrected chi connectivity index (χ1v) is 3.59. The summed E-state index contributed by atoms with van der Waals surface area (Å²) in [6, 6.07) is 0. The molecule has 0 unspecified atom stereocenters. The highest BCUT2D eigenvalue weighted by Crippen LogP contribution is 1.95. The average molecular weight is 194 g/mol. The van der Waals surface area contributed by atoms with Gasteiger partial charge in [0, 0.05) is 12.1 Å². The molecule has 0 aliphatic heterocycles. The van der Waals surface area contributed by atoms with Crippen LogP contribution in [0.2, 0.25) is 0 Å². The van der Waals surface area contributed by atoms with Crippen LogP contribution in [-0.2, 0) is 4.79 Å². The second kappa shape index (κ2) is 7.13. The molecule has 4 heteroatoms. The lowest BCUT2D eigenvalue weighted by Crippen LogP contribution is -2.12. The molecule has 0 aromatic rings. The van der Waals surface area contributed by atoms with Crippen molar-refractivity contribution in [3.63, 3.8) is 0 Å². The first kappa shape index (κ1) is 14.0. The van der Waals surface area contributed by atoms with Crippen LogP contribution in [0.25, 0.3) is 0 Å². The van der Waals surface area contributed by atoms with Gasteiger partial charge in [-0.15, -0.1) is 12.4 Å². The van der Waals surface area contributed by atoms with Gasteiger partial charge in [0.1, 0.15) is 0 Å². The molecule has 1 N–H and O–H groups in total. The van der Waals surface area contributed by atoms with Gasteiger partial charge in [-0.05, 0) is 27.4 Å². The molecule has 0 saturated carbocycles. The van der Waals surface area contributed by atoms with Crippen LogP contribution in [0.15, 0.2) is 11.6 Å². The van der Waals surface area contributed by atoms with Crippen molar-refractivity contribution in [2.24, 2.45) is 0 Å². The van der Waals surface area contributed by atoms with Gasteiger partial charge >= 0.3 is 5.97 Å². The maximum absolute atomic E-state index is 10.3. The lowest BCUT2D eigenvalue weighted by atomic mass is 10.2. The number of hydrogen-bond acceptors (Lipinski definition) is 2. The molecule has 0 fully saturated rings. The van der Waals surface area contributed by atoms with Crippen molar-refractivity contribution < 1.29 is 9.90 Å². The van der Waals surface area contributed by atoms with Crippen molar-refractivity contribution in [1.82, 2.24) is 4.90 Å². The van der Waals surface area contributed by atoms with Gasteiger partial charge < -0.3 is 10.0 Å². The van der Waals surface area contributed by atoms with Gasteiger partial charge in [0.2, 0.25) is 0 Å². The zero-order chi connectivity index (χ0) is 8.85. The molecule has 0 amide bonds. The Labute approximate surface area is 79.5 Å². The van der Waals surface area contributed by atoms with E-state index in [-0.39, 0.29) is 12.4 Å². The van der Waals surface area contributed by atoms with Gasteiger partial charge in [0.25, 0.3) is 0 Å². The van der Waals surface area contributed by atoms with Gasteiger partial charge in [-0.2, -0.15) is 0 Å². The van der Waals surface area contributed by atoms with E-state index in [2.05, 4.69) is 0 Å². The fourth-order valence-corrected chi connectivity index (χ4v) is 0.627. The minimum absolute atomic E-state index is 0. The molecule has 0 bridgehead atoms. The summed E-state index contributed by atoms with van der Waals surface area (Å²) in [6.07, 6.45) is 2.54. The van der Waals surface area contributed by atoms with Crippen LogP contribution in [0.4, 0.5) is 0 Å². The second-order valence-corrected chi connectivity index (χ2v) is 2.78. The number of halogens is 1. The summed E-state index contributed by atoms with van der Waals surface area (Å²) in [5.41, 5.74) is 0.423. The van der Waals surface area contributed by atoms with Gasteiger partial charge in [-0.3, -0.25) is 0 Å². The first-order chi connectivity index (χ1) is 5.04. The number of carboxylic acid groups (broad SMARTS) is 1. The fraction of sp³-hybridized carbons (Fsp3) is 0.625. The van der Waals surface area contributed by atoms with Crippen LogP contribution in [0, 0.1) is 0 Å². The molecule has 0 atom stereocenters. The minimum Gasteiger partial charge on any atom is -0.478 e. The quantitative estimate of drug-likeness (QED) is 0.687. The third-order valence-corrected chi connectivity index (χ3v) is 1.36. The molecular formula is C8H16ClNO2. The molecule has 0 saturated heterocycles. The molecule has 3 nitrogen and oxygen atoms in total. The Kier molecular flexibility index (Phi) is 8.32. The predicted octanol–water partition coefficient (Wildman–Crippen LogP) is 1.39. The van der Waals surface area contributed by atoms with Crippen LogP contribution in [0.5, 0.6) is 0 Å². The van der Waals surface area contributed by atoms with E-state index < -0.39 is 5.97 Å². The maximum Gasteiger partial charge on any atom is 0.330 e. The number of aliphatic carboxylic acids is 1. The van der Waals surface area contributed by atoms with Gasteiger partial charge in [-0.1, -0.05) is 6.08 Å². The van der Waals surface area contributed by atoms with E-state index in [9.17, 15) is 4.79 Å². The van der Waals surface area contributed by atoms with E-state index in [4.69, 9.17) is 5.11 Å². The molecule has 12 heavy (non-hydrogen) atoms. The van der Waals surface area contributed by atoms with Crippen molar-refractivity contribution in [2.45, 2.75) is 13.3 Å². The van der Waals surface area contributed by atoms with Crippen LogP contribution < -0.4 is 0 Å². The highest BCUT2D eigenvalue weighted by molar-refractivity contribution is 5.85. The summed E-state index contributed by atoms with van der Waals surface area (Å²) in [7, 11) is 3.92. The third kappa shape index (κ3) is 7.57. The van der Waals surface area contributed by atoms with Crippen molar-refractivity contribution >= 4 is 18.4 Å². The van der Waals surface area contributed by atoms with E-state index in [1.165, 1.54) is 0 Å². The summed E-state index contributed by atoms with van der Waals surface area (Å²) < 4.78 is 0. The fourth-order valence-electron chi connectivity index (χ4n) is 0.627. The van der Waals surface area contributed by atoms with Crippen molar-refractivity contribution in [3.05, 3.63) is 11.6 Å². The standard InChI is InChI=1S/C8H15NO2.ClH/c1-7(8(10)11)5-4-6-9(2)3;/h5H,4,6H2,1-3H3,(H,10,11);1H. The Balaban J connectivity index is 0. The Morgan fingerprint density at radius 2 is 2.00 bits per heavy atom. The number of hydrogen-bond donors (Lipinski definition) is 1. The predicted molar refractivity (Wildman–Crippen MR) is 51.8 cm³/mol. The van der Waals surface area contributed by atoms with Gasteiger partial charge in [-0.25, -0.2) is 4.79 Å². The van der Waals surface area contributed by atoms with E-state index in [0.717, 1.165) is 13.0 Å². The highest BCUT2D eigenvalue weighted by Gasteiger charge is 1.97. The minimum atomic E-state index is -0.830. The van der Waals surface area contributed by atoms with Crippen molar-refractivity contribution in [3.8, 4) is 0 Å². The summed E-state index contributed by atoms with van der Waals surface area (Å²) >= 11 is 0. The average Bonchev–Trinajstić information content (AvgIpc) is 1.86. The molecule has 0 radical (unpaired) electrons. The summed E-state index contributed by atoms with van der Waals surface area (Å²) in [6.45, 7) is 2.50. The summed E-state index contributed by atoms with van der Waals surface area (Å²) in [5.74, 6) is -0.830. The highest BCUT2D eigenvalue weighted by atomic mass is 35.5. The normalized spacial score (nSPS) is 11.2. The van der Waals surface area contributed by atoms with Crippen LogP contribution in [-0.4, -0.2) is 36.6 Å². The lowest BCUT2D eigenvalue weighted by molar-refractivity contribution is -0.132. The number of carboxylic acids is 1. The van der Waals surface area contributed by atoms with Crippen molar-refractivity contribution in [1.29, 1.82) is 0 Å². The summed E-state index contributed by atoms with van der Waals surface area (Å²) in [4.78, 5) is 12.3. The number of nitrogens with zero attached hydrogens (tertiary/aromatic N) is 1. The Morgan fingerprint density at radius 3 is 2.33 bits per heavy atom. The van der Waals surface area contributed by atoms with Crippen LogP contribution in [0.3, 0.4) is 0 Å². The maximum atomic E-state index is 10.3. The van der Waals surface area contributed by atoms with Gasteiger partial charge in [0.15, 0.2) is 0 Å². The van der Waals surface area contributed by atoms with Crippen molar-refractivity contribution in [2.75, 3.05) is 20.6 Å². The SMILES string of the molecule is CC(=CCCN(C)C)C(=O)O.Cl. The smallest absolute Gasteiger partial charge is 0.330 e. The van der Waals surface area contributed by atoms with Crippen LogP contribution in [0.1, 0.15) is 13.3 Å². The molecule has 0 aromatic heterocycles. The number of carbonyl (C=O) groups is 1. The largest absolute Gasteiger partial charge is 0.478 e.